The van der Waals surface area contributed by atoms with Crippen LogP contribution in [0, 0.1) is 0 Å². The zero-order chi connectivity index (χ0) is 0. The van der Waals surface area contributed by atoms with E-state index in [4.69, 9.17) is 0 Å². The van der Waals surface area contributed by atoms with E-state index < -0.39 is 0 Å². The first-order valence-electron chi connectivity index (χ1n) is 0. The van der Waals surface area contributed by atoms with Crippen LogP contribution >= 0.6 is 0 Å². The first-order chi connectivity index (χ1) is 0. The predicted octanol–water partition coefficient (Wildman–Crippen LogP) is -2.91. The Kier molecular flexibility index (Phi) is 186. The molecule has 0 atom stereocenters. The maximum absolute atomic E-state index is 0. The van der Waals surface area contributed by atoms with Gasteiger partial charge in [-0.25, -0.2) is 0 Å². The van der Waals surface area contributed by atoms with Gasteiger partial charge in [0.2, 0.25) is 0 Å². The summed E-state index contributed by atoms with van der Waals surface area (Å²) in [6.07, 6.45) is 0. The van der Waals surface area contributed by atoms with Crippen molar-refractivity contribution in [1.29, 1.82) is 0 Å². The Morgan fingerprint density at radius 2 is 1.00 bits per heavy atom. The maximum atomic E-state index is 0. The Labute approximate surface area is 125 Å². The van der Waals surface area contributed by atoms with E-state index in [9.17, 15) is 0 Å². The number of rotatable bonds is 0. The summed E-state index contributed by atoms with van der Waals surface area (Å²) in [5.41, 5.74) is 0. The van der Waals surface area contributed by atoms with Crippen LogP contribution in [0.15, 0.2) is 0 Å². The van der Waals surface area contributed by atoms with Crippen molar-refractivity contribution >= 4 is 109 Å². The first kappa shape index (κ1) is 37.2. The molecular weight excluding hydrogens is 289 g/mol. The molecule has 0 heterocycles. The van der Waals surface area contributed by atoms with E-state index in [1.165, 1.54) is 0 Å². The fraction of sp³-hybridized carbons (Fsp3) is 0. The Morgan fingerprint density at radius 1 is 1.00 bits per heavy atom. The van der Waals surface area contributed by atoms with Gasteiger partial charge in [0, 0.05) is 17.1 Å². The monoisotopic (exact) mass is 297 g/mol. The molecule has 0 aromatic carbocycles. The molecule has 0 spiro atoms. The van der Waals surface area contributed by atoms with E-state index in [2.05, 4.69) is 0 Å². The van der Waals surface area contributed by atoms with Crippen molar-refractivity contribution in [3.05, 3.63) is 0 Å². The molecule has 0 bridgehead atoms. The smallest absolute Gasteiger partial charge is 1.00 e. The van der Waals surface area contributed by atoms with Crippen molar-refractivity contribution < 1.29 is 19.9 Å². The standard InChI is InChI=1S/Ba.Ca.Mn.2H3Si.2H/h;;;2*1H3;;/q2*+2;;4*-1. The minimum atomic E-state index is 0. The zero-order valence-corrected chi connectivity index (χ0v) is 15.6. The van der Waals surface area contributed by atoms with Crippen LogP contribution in [0.1, 0.15) is 2.85 Å². The van der Waals surface area contributed by atoms with Crippen LogP contribution in [0.25, 0.3) is 0 Å². The van der Waals surface area contributed by atoms with Gasteiger partial charge >= 0.3 is 86.6 Å². The van der Waals surface area contributed by atoms with Crippen LogP contribution in [-0.4, -0.2) is 109 Å². The molecule has 27 valence electrons. The number of hydrogen-bond acceptors (Lipinski definition) is 0. The van der Waals surface area contributed by atoms with E-state index in [0.29, 0.717) is 0 Å². The van der Waals surface area contributed by atoms with Crippen LogP contribution < -0.4 is 0 Å². The van der Waals surface area contributed by atoms with Crippen LogP contribution in [-0.2, 0) is 17.1 Å². The van der Waals surface area contributed by atoms with Crippen LogP contribution in [0.5, 0.6) is 0 Å². The molecule has 1 radical (unpaired) electrons. The van der Waals surface area contributed by atoms with Crippen LogP contribution in [0.3, 0.4) is 0 Å². The van der Waals surface area contributed by atoms with Crippen molar-refractivity contribution in [3.63, 3.8) is 0 Å². The predicted molar refractivity (Wildman–Crippen MR) is 33.6 cm³/mol. The average Bonchev–Trinajstić information content (AvgIpc) is 0. The van der Waals surface area contributed by atoms with Gasteiger partial charge in [-0.1, -0.05) is 0 Å². The molecule has 0 saturated carbocycles. The van der Waals surface area contributed by atoms with Crippen LogP contribution in [0.2, 0.25) is 0 Å². The molecule has 0 saturated heterocycles. The number of hydrogen-bond donors (Lipinski definition) is 0. The van der Waals surface area contributed by atoms with E-state index in [1.807, 2.05) is 0 Å². The molecule has 5 heteroatoms. The molecule has 0 rings (SSSR count). The van der Waals surface area contributed by atoms with Gasteiger partial charge in [-0.2, -0.15) is 0 Å². The molecule has 0 N–H and O–H groups in total. The van der Waals surface area contributed by atoms with Gasteiger partial charge in [-0.05, 0) is 0 Å². The summed E-state index contributed by atoms with van der Waals surface area (Å²) in [5.74, 6) is 0. The summed E-state index contributed by atoms with van der Waals surface area (Å²) in [5, 5.41) is 0. The second kappa shape index (κ2) is 25.0. The molecule has 0 fully saturated rings. The molecule has 0 amide bonds. The topological polar surface area (TPSA) is 0 Å². The third-order valence-corrected chi connectivity index (χ3v) is 0. The second-order valence-electron chi connectivity index (χ2n) is 0. The molecule has 0 nitrogen and oxygen atoms in total. The minimum Gasteiger partial charge on any atom is -1.00 e. The molecule has 0 aromatic rings. The molecule has 0 aliphatic carbocycles. The molecule has 0 aromatic heterocycles. The Bertz CT molecular complexity index is 15.7. The van der Waals surface area contributed by atoms with E-state index in [1.54, 1.807) is 0 Å². The second-order valence-corrected chi connectivity index (χ2v) is 0. The summed E-state index contributed by atoms with van der Waals surface area (Å²) in [4.78, 5) is 0. The van der Waals surface area contributed by atoms with Gasteiger partial charge in [0.15, 0.2) is 0 Å². The summed E-state index contributed by atoms with van der Waals surface area (Å²) in [7, 11) is 0. The van der Waals surface area contributed by atoms with E-state index in [-0.39, 0.29) is 128 Å². The quantitative estimate of drug-likeness (QED) is 0.421. The largest absolute Gasteiger partial charge is 2.00 e. The minimum absolute atomic E-state index is 0. The van der Waals surface area contributed by atoms with Gasteiger partial charge in [-0.3, -0.25) is 0 Å². The summed E-state index contributed by atoms with van der Waals surface area (Å²) < 4.78 is 0. The molecule has 0 aliphatic heterocycles. The summed E-state index contributed by atoms with van der Waals surface area (Å²) >= 11 is 0. The Hall–Kier alpha value is 3.78. The average molecular weight is 297 g/mol. The SMILES string of the molecule is [Ba+2].[Ca+2].[H-].[H-].[Mn].[SiH3-].[SiH3-]. The normalized spacial score (nSPS) is 0. The molecule has 0 unspecified atom stereocenters. The summed E-state index contributed by atoms with van der Waals surface area (Å²) in [6, 6.07) is 0. The molecule has 5 heavy (non-hydrogen) atoms. The van der Waals surface area contributed by atoms with Crippen LogP contribution in [0.4, 0.5) is 0 Å². The van der Waals surface area contributed by atoms with Gasteiger partial charge in [-0.15, -0.1) is 0 Å². The zero-order valence-electron chi connectivity index (χ0n) is 5.79. The molecule has 0 aliphatic rings. The van der Waals surface area contributed by atoms with Gasteiger partial charge < -0.3 is 24.8 Å². The molecular formula is H8BaCaMnSi2. The first-order valence-corrected chi connectivity index (χ1v) is 0. The Balaban J connectivity index is 0. The third kappa shape index (κ3) is 18.2. The third-order valence-electron chi connectivity index (χ3n) is 0. The fourth-order valence-corrected chi connectivity index (χ4v) is 0. The van der Waals surface area contributed by atoms with Gasteiger partial charge in [0.25, 0.3) is 0 Å². The van der Waals surface area contributed by atoms with E-state index >= 15 is 0 Å². The van der Waals surface area contributed by atoms with Crippen molar-refractivity contribution in [2.24, 2.45) is 0 Å². The Morgan fingerprint density at radius 3 is 1.00 bits per heavy atom. The maximum Gasteiger partial charge on any atom is 2.00 e. The van der Waals surface area contributed by atoms with Crippen molar-refractivity contribution in [2.45, 2.75) is 0 Å². The van der Waals surface area contributed by atoms with Gasteiger partial charge in [0.1, 0.15) is 0 Å². The van der Waals surface area contributed by atoms with Gasteiger partial charge in [0.05, 0.1) is 0 Å². The van der Waals surface area contributed by atoms with Crippen molar-refractivity contribution in [3.8, 4) is 0 Å². The van der Waals surface area contributed by atoms with Crippen molar-refractivity contribution in [2.75, 3.05) is 0 Å². The van der Waals surface area contributed by atoms with Crippen molar-refractivity contribution in [1.82, 2.24) is 0 Å². The van der Waals surface area contributed by atoms with E-state index in [0.717, 1.165) is 0 Å². The summed E-state index contributed by atoms with van der Waals surface area (Å²) in [6.45, 7) is 0. The fourth-order valence-electron chi connectivity index (χ4n) is 0.